The number of hydrogen-bond donors (Lipinski definition) is 1. The van der Waals surface area contributed by atoms with Gasteiger partial charge >= 0.3 is 0 Å². The van der Waals surface area contributed by atoms with Gasteiger partial charge in [-0.3, -0.25) is 0 Å². The maximum atomic E-state index is 3.68. The lowest BCUT2D eigenvalue weighted by Crippen LogP contribution is -2.28. The van der Waals surface area contributed by atoms with Gasteiger partial charge < -0.3 is 10.2 Å². The van der Waals surface area contributed by atoms with E-state index in [4.69, 9.17) is 0 Å². The molecule has 3 atom stereocenters. The van der Waals surface area contributed by atoms with Crippen LogP contribution in [0.5, 0.6) is 0 Å². The Morgan fingerprint density at radius 1 is 1.24 bits per heavy atom. The van der Waals surface area contributed by atoms with Gasteiger partial charge in [0.05, 0.1) is 0 Å². The van der Waals surface area contributed by atoms with E-state index >= 15 is 0 Å². The molecule has 1 aliphatic rings. The molecule has 1 fully saturated rings. The van der Waals surface area contributed by atoms with Gasteiger partial charge in [0.15, 0.2) is 0 Å². The molecule has 1 heterocycles. The zero-order valence-corrected chi connectivity index (χ0v) is 11.4. The summed E-state index contributed by atoms with van der Waals surface area (Å²) < 4.78 is 0. The number of anilines is 1. The first-order valence-electron chi connectivity index (χ1n) is 6.65. The van der Waals surface area contributed by atoms with Crippen molar-refractivity contribution >= 4 is 5.69 Å². The molecule has 0 saturated carbocycles. The van der Waals surface area contributed by atoms with Gasteiger partial charge in [-0.1, -0.05) is 19.1 Å². The van der Waals surface area contributed by atoms with Crippen LogP contribution in [0, 0.1) is 0 Å². The van der Waals surface area contributed by atoms with Crippen molar-refractivity contribution in [1.29, 1.82) is 0 Å². The second kappa shape index (κ2) is 5.09. The Hall–Kier alpha value is -1.02. The topological polar surface area (TPSA) is 15.3 Å². The highest BCUT2D eigenvalue weighted by atomic mass is 15.1. The van der Waals surface area contributed by atoms with Crippen LogP contribution in [-0.2, 0) is 0 Å². The Kier molecular flexibility index (Phi) is 3.72. The van der Waals surface area contributed by atoms with Crippen LogP contribution in [0.3, 0.4) is 0 Å². The van der Waals surface area contributed by atoms with Crippen LogP contribution in [0.1, 0.15) is 38.2 Å². The van der Waals surface area contributed by atoms with Crippen molar-refractivity contribution in [2.75, 3.05) is 19.0 Å². The molecule has 0 spiro atoms. The molecule has 0 amide bonds. The van der Waals surface area contributed by atoms with Gasteiger partial charge in [0, 0.05) is 37.8 Å². The Labute approximate surface area is 105 Å². The maximum absolute atomic E-state index is 3.68. The van der Waals surface area contributed by atoms with E-state index in [1.165, 1.54) is 24.1 Å². The molecule has 94 valence electrons. The molecule has 2 nitrogen and oxygen atoms in total. The van der Waals surface area contributed by atoms with E-state index in [9.17, 15) is 0 Å². The molecule has 17 heavy (non-hydrogen) atoms. The smallest absolute Gasteiger partial charge is 0.0361 e. The highest BCUT2D eigenvalue weighted by Crippen LogP contribution is 2.33. The highest BCUT2D eigenvalue weighted by Gasteiger charge is 2.30. The summed E-state index contributed by atoms with van der Waals surface area (Å²) in [5.74, 6) is 0.686. The zero-order valence-electron chi connectivity index (χ0n) is 11.4. The molecule has 1 aromatic carbocycles. The molecule has 0 aromatic heterocycles. The van der Waals surface area contributed by atoms with Gasteiger partial charge in [0.2, 0.25) is 0 Å². The molecule has 2 rings (SSSR count). The summed E-state index contributed by atoms with van der Waals surface area (Å²) in [5, 5.41) is 3.68. The van der Waals surface area contributed by atoms with Gasteiger partial charge in [-0.25, -0.2) is 0 Å². The SMILES string of the molecule is CCC1NC(C)CC1c1ccc(N(C)C)cc1. The molecule has 1 N–H and O–H groups in total. The normalized spacial score (nSPS) is 28.4. The monoisotopic (exact) mass is 232 g/mol. The minimum atomic E-state index is 0.648. The Bertz CT molecular complexity index is 356. The van der Waals surface area contributed by atoms with Crippen molar-refractivity contribution in [1.82, 2.24) is 5.32 Å². The molecule has 0 aliphatic carbocycles. The van der Waals surface area contributed by atoms with E-state index < -0.39 is 0 Å². The third-order valence-electron chi connectivity index (χ3n) is 3.87. The zero-order chi connectivity index (χ0) is 12.4. The molecule has 3 unspecified atom stereocenters. The number of hydrogen-bond acceptors (Lipinski definition) is 2. The van der Waals surface area contributed by atoms with E-state index in [1.54, 1.807) is 0 Å². The largest absolute Gasteiger partial charge is 0.378 e. The van der Waals surface area contributed by atoms with Crippen LogP contribution in [0.25, 0.3) is 0 Å². The average molecular weight is 232 g/mol. The van der Waals surface area contributed by atoms with Gasteiger partial charge in [-0.2, -0.15) is 0 Å². The lowest BCUT2D eigenvalue weighted by Gasteiger charge is -2.19. The number of rotatable bonds is 3. The first-order valence-corrected chi connectivity index (χ1v) is 6.65. The van der Waals surface area contributed by atoms with Gasteiger partial charge in [-0.05, 0) is 37.5 Å². The Morgan fingerprint density at radius 2 is 1.88 bits per heavy atom. The van der Waals surface area contributed by atoms with E-state index in [-0.39, 0.29) is 0 Å². The van der Waals surface area contributed by atoms with Crippen LogP contribution in [0.15, 0.2) is 24.3 Å². The number of benzene rings is 1. The second-order valence-corrected chi connectivity index (χ2v) is 5.41. The van der Waals surface area contributed by atoms with E-state index in [1.807, 2.05) is 0 Å². The van der Waals surface area contributed by atoms with Crippen molar-refractivity contribution in [3.8, 4) is 0 Å². The number of nitrogens with one attached hydrogen (secondary N) is 1. The van der Waals surface area contributed by atoms with Crippen LogP contribution >= 0.6 is 0 Å². The predicted octanol–water partition coefficient (Wildman–Crippen LogP) is 3.00. The molecule has 0 radical (unpaired) electrons. The van der Waals surface area contributed by atoms with Crippen LogP contribution in [0.2, 0.25) is 0 Å². The first-order chi connectivity index (χ1) is 8.11. The van der Waals surface area contributed by atoms with Crippen LogP contribution in [0.4, 0.5) is 5.69 Å². The van der Waals surface area contributed by atoms with Crippen LogP contribution < -0.4 is 10.2 Å². The molecule has 1 aromatic rings. The summed E-state index contributed by atoms with van der Waals surface area (Å²) in [4.78, 5) is 2.15. The molecule has 1 saturated heterocycles. The molecule has 1 aliphatic heterocycles. The quantitative estimate of drug-likeness (QED) is 0.862. The van der Waals surface area contributed by atoms with Crippen molar-refractivity contribution in [3.05, 3.63) is 29.8 Å². The lowest BCUT2D eigenvalue weighted by atomic mass is 9.89. The summed E-state index contributed by atoms with van der Waals surface area (Å²) in [6, 6.07) is 10.3. The van der Waals surface area contributed by atoms with Gasteiger partial charge in [0.1, 0.15) is 0 Å². The van der Waals surface area contributed by atoms with Crippen molar-refractivity contribution in [3.63, 3.8) is 0 Å². The second-order valence-electron chi connectivity index (χ2n) is 5.41. The minimum absolute atomic E-state index is 0.648. The fourth-order valence-electron chi connectivity index (χ4n) is 2.89. The standard InChI is InChI=1S/C15H24N2/c1-5-15-14(10-11(2)16-15)12-6-8-13(9-7-12)17(3)4/h6-9,11,14-16H,5,10H2,1-4H3. The van der Waals surface area contributed by atoms with E-state index in [0.717, 1.165) is 0 Å². The first kappa shape index (κ1) is 12.4. The summed E-state index contributed by atoms with van der Waals surface area (Å²) in [6.45, 7) is 4.56. The Balaban J connectivity index is 2.16. The Morgan fingerprint density at radius 3 is 2.41 bits per heavy atom. The van der Waals surface area contributed by atoms with Crippen molar-refractivity contribution < 1.29 is 0 Å². The summed E-state index contributed by atoms with van der Waals surface area (Å²) in [5.41, 5.74) is 2.76. The summed E-state index contributed by atoms with van der Waals surface area (Å²) in [7, 11) is 4.17. The van der Waals surface area contributed by atoms with E-state index in [0.29, 0.717) is 18.0 Å². The molecular weight excluding hydrogens is 208 g/mol. The lowest BCUT2D eigenvalue weighted by molar-refractivity contribution is 0.517. The van der Waals surface area contributed by atoms with Crippen molar-refractivity contribution in [2.45, 2.75) is 44.7 Å². The van der Waals surface area contributed by atoms with Gasteiger partial charge in [-0.15, -0.1) is 0 Å². The fourth-order valence-corrected chi connectivity index (χ4v) is 2.89. The van der Waals surface area contributed by atoms with Crippen molar-refractivity contribution in [2.24, 2.45) is 0 Å². The fraction of sp³-hybridized carbons (Fsp3) is 0.600. The molecule has 2 heteroatoms. The summed E-state index contributed by atoms with van der Waals surface area (Å²) in [6.07, 6.45) is 2.48. The number of nitrogens with zero attached hydrogens (tertiary/aromatic N) is 1. The molecular formula is C15H24N2. The van der Waals surface area contributed by atoms with Crippen LogP contribution in [-0.4, -0.2) is 26.2 Å². The average Bonchev–Trinajstić information content (AvgIpc) is 2.70. The highest BCUT2D eigenvalue weighted by molar-refractivity contribution is 5.46. The van der Waals surface area contributed by atoms with Gasteiger partial charge in [0.25, 0.3) is 0 Å². The molecule has 0 bridgehead atoms. The minimum Gasteiger partial charge on any atom is -0.378 e. The third-order valence-corrected chi connectivity index (χ3v) is 3.87. The summed E-state index contributed by atoms with van der Waals surface area (Å²) >= 11 is 0. The maximum Gasteiger partial charge on any atom is 0.0361 e. The predicted molar refractivity (Wildman–Crippen MR) is 74.8 cm³/mol. The third kappa shape index (κ3) is 2.63. The van der Waals surface area contributed by atoms with E-state index in [2.05, 4.69) is 62.4 Å².